The van der Waals surface area contributed by atoms with Crippen molar-refractivity contribution in [1.82, 2.24) is 20.1 Å². The van der Waals surface area contributed by atoms with Gasteiger partial charge in [0.2, 0.25) is 5.91 Å². The summed E-state index contributed by atoms with van der Waals surface area (Å²) in [6.45, 7) is 3.65. The predicted molar refractivity (Wildman–Crippen MR) is 130 cm³/mol. The molecule has 2 aliphatic rings. The number of nitrogens with zero attached hydrogens (tertiary/aromatic N) is 6. The number of carbonyl (C=O) groups excluding carboxylic acids is 1. The Morgan fingerprint density at radius 3 is 2.03 bits per heavy atom. The van der Waals surface area contributed by atoms with E-state index in [4.69, 9.17) is 0 Å². The molecule has 0 bridgehead atoms. The highest BCUT2D eigenvalue weighted by Crippen LogP contribution is 2.30. The molecule has 0 atom stereocenters. The van der Waals surface area contributed by atoms with E-state index in [-0.39, 0.29) is 11.8 Å². The Morgan fingerprint density at radius 2 is 1.44 bits per heavy atom. The predicted octanol–water partition coefficient (Wildman–Crippen LogP) is 4.12. The standard InChI is InChI=1S/C26H27F3N6O/c27-26(28,29)21-6-8-23(30-18-21)34-14-16-35(17-15-34)25(36)20-10-12-33(13-11-20)24-9-7-22(31-32-24)19-4-2-1-3-5-19/h1-9,18,20H,10-17H2. The Balaban J connectivity index is 1.11. The zero-order chi connectivity index (χ0) is 25.1. The maximum absolute atomic E-state index is 13.1. The van der Waals surface area contributed by atoms with Gasteiger partial charge in [-0.15, -0.1) is 10.2 Å². The zero-order valence-corrected chi connectivity index (χ0v) is 19.7. The normalized spacial score (nSPS) is 17.4. The first-order valence-corrected chi connectivity index (χ1v) is 12.1. The summed E-state index contributed by atoms with van der Waals surface area (Å²) in [5, 5.41) is 8.77. The SMILES string of the molecule is O=C(C1CCN(c2ccc(-c3ccccc3)nn2)CC1)N1CCN(c2ccc(C(F)(F)F)cn2)CC1. The first-order valence-electron chi connectivity index (χ1n) is 12.1. The van der Waals surface area contributed by atoms with Gasteiger partial charge in [-0.1, -0.05) is 30.3 Å². The van der Waals surface area contributed by atoms with E-state index in [0.29, 0.717) is 32.0 Å². The fourth-order valence-electron chi connectivity index (χ4n) is 4.77. The van der Waals surface area contributed by atoms with Crippen LogP contribution in [0.2, 0.25) is 0 Å². The molecule has 36 heavy (non-hydrogen) atoms. The number of alkyl halides is 3. The lowest BCUT2D eigenvalue weighted by molar-refractivity contribution is -0.138. The van der Waals surface area contributed by atoms with E-state index < -0.39 is 11.7 Å². The highest BCUT2D eigenvalue weighted by atomic mass is 19.4. The number of rotatable bonds is 4. The van der Waals surface area contributed by atoms with Crippen molar-refractivity contribution in [3.63, 3.8) is 0 Å². The molecule has 0 aliphatic carbocycles. The summed E-state index contributed by atoms with van der Waals surface area (Å²) < 4.78 is 38.3. The molecular weight excluding hydrogens is 469 g/mol. The lowest BCUT2D eigenvalue weighted by Gasteiger charge is -2.39. The summed E-state index contributed by atoms with van der Waals surface area (Å²) in [5.74, 6) is 1.44. The van der Waals surface area contributed by atoms with Gasteiger partial charge in [-0.2, -0.15) is 13.2 Å². The summed E-state index contributed by atoms with van der Waals surface area (Å²) >= 11 is 0. The van der Waals surface area contributed by atoms with Crippen LogP contribution in [0, 0.1) is 5.92 Å². The van der Waals surface area contributed by atoms with Crippen molar-refractivity contribution >= 4 is 17.5 Å². The number of carbonyl (C=O) groups is 1. The number of piperazine rings is 1. The molecule has 2 fully saturated rings. The number of piperidine rings is 1. The second-order valence-corrected chi connectivity index (χ2v) is 9.12. The van der Waals surface area contributed by atoms with Crippen LogP contribution in [0.4, 0.5) is 24.8 Å². The molecule has 10 heteroatoms. The monoisotopic (exact) mass is 496 g/mol. The molecule has 1 amide bonds. The molecule has 2 saturated heterocycles. The second kappa shape index (κ2) is 10.1. The topological polar surface area (TPSA) is 65.5 Å². The van der Waals surface area contributed by atoms with Gasteiger partial charge in [0, 0.05) is 56.9 Å². The minimum Gasteiger partial charge on any atom is -0.355 e. The number of hydrogen-bond acceptors (Lipinski definition) is 6. The third-order valence-corrected chi connectivity index (χ3v) is 6.88. The maximum atomic E-state index is 13.1. The molecule has 4 heterocycles. The minimum atomic E-state index is -4.40. The Morgan fingerprint density at radius 1 is 0.778 bits per heavy atom. The number of halogens is 3. The van der Waals surface area contributed by atoms with E-state index in [2.05, 4.69) is 20.1 Å². The smallest absolute Gasteiger partial charge is 0.355 e. The maximum Gasteiger partial charge on any atom is 0.417 e. The molecule has 0 N–H and O–H groups in total. The fraction of sp³-hybridized carbons (Fsp3) is 0.385. The van der Waals surface area contributed by atoms with Crippen LogP contribution in [0.15, 0.2) is 60.8 Å². The summed E-state index contributed by atoms with van der Waals surface area (Å²) in [6, 6.07) is 16.3. The van der Waals surface area contributed by atoms with Gasteiger partial charge in [0.15, 0.2) is 5.82 Å². The molecule has 0 radical (unpaired) electrons. The van der Waals surface area contributed by atoms with Crippen LogP contribution in [-0.4, -0.2) is 65.3 Å². The van der Waals surface area contributed by atoms with Crippen molar-refractivity contribution in [2.75, 3.05) is 49.1 Å². The van der Waals surface area contributed by atoms with Crippen molar-refractivity contribution < 1.29 is 18.0 Å². The molecule has 2 aromatic heterocycles. The van der Waals surface area contributed by atoms with Crippen LogP contribution >= 0.6 is 0 Å². The van der Waals surface area contributed by atoms with Crippen LogP contribution in [0.3, 0.4) is 0 Å². The summed E-state index contributed by atoms with van der Waals surface area (Å²) in [5.41, 5.74) is 1.09. The largest absolute Gasteiger partial charge is 0.417 e. The van der Waals surface area contributed by atoms with Gasteiger partial charge in [0.1, 0.15) is 5.82 Å². The third-order valence-electron chi connectivity index (χ3n) is 6.88. The molecule has 0 unspecified atom stereocenters. The molecule has 0 spiro atoms. The van der Waals surface area contributed by atoms with Crippen LogP contribution in [0.5, 0.6) is 0 Å². The van der Waals surface area contributed by atoms with Crippen LogP contribution in [-0.2, 0) is 11.0 Å². The van der Waals surface area contributed by atoms with Crippen molar-refractivity contribution in [1.29, 1.82) is 0 Å². The van der Waals surface area contributed by atoms with Crippen molar-refractivity contribution in [3.05, 3.63) is 66.4 Å². The summed E-state index contributed by atoms with van der Waals surface area (Å²) in [6.07, 6.45) is -2.03. The Kier molecular flexibility index (Phi) is 6.75. The quantitative estimate of drug-likeness (QED) is 0.542. The highest BCUT2D eigenvalue weighted by molar-refractivity contribution is 5.79. The number of amides is 1. The summed E-state index contributed by atoms with van der Waals surface area (Å²) in [7, 11) is 0. The molecule has 2 aliphatic heterocycles. The van der Waals surface area contributed by atoms with Gasteiger partial charge >= 0.3 is 6.18 Å². The number of aromatic nitrogens is 3. The van der Waals surface area contributed by atoms with Gasteiger partial charge in [-0.3, -0.25) is 4.79 Å². The Labute approximate surface area is 207 Å². The van der Waals surface area contributed by atoms with Crippen molar-refractivity contribution in [2.45, 2.75) is 19.0 Å². The summed E-state index contributed by atoms with van der Waals surface area (Å²) in [4.78, 5) is 23.0. The molecule has 3 aromatic rings. The van der Waals surface area contributed by atoms with Crippen molar-refractivity contribution in [3.8, 4) is 11.3 Å². The van der Waals surface area contributed by atoms with E-state index >= 15 is 0 Å². The molecule has 5 rings (SSSR count). The number of benzene rings is 1. The number of anilines is 2. The lowest BCUT2D eigenvalue weighted by Crippen LogP contribution is -2.52. The zero-order valence-electron chi connectivity index (χ0n) is 19.7. The fourth-order valence-corrected chi connectivity index (χ4v) is 4.77. The minimum absolute atomic E-state index is 0.0338. The van der Waals surface area contributed by atoms with E-state index in [1.807, 2.05) is 52.3 Å². The average Bonchev–Trinajstić information content (AvgIpc) is 2.93. The van der Waals surface area contributed by atoms with Gasteiger partial charge in [-0.25, -0.2) is 4.98 Å². The van der Waals surface area contributed by atoms with Crippen LogP contribution in [0.1, 0.15) is 18.4 Å². The second-order valence-electron chi connectivity index (χ2n) is 9.12. The van der Waals surface area contributed by atoms with E-state index in [0.717, 1.165) is 55.3 Å². The Bertz CT molecular complexity index is 1160. The number of hydrogen-bond donors (Lipinski definition) is 0. The van der Waals surface area contributed by atoms with Gasteiger partial charge in [0.05, 0.1) is 11.3 Å². The molecule has 188 valence electrons. The van der Waals surface area contributed by atoms with E-state index in [9.17, 15) is 18.0 Å². The van der Waals surface area contributed by atoms with Crippen LogP contribution in [0.25, 0.3) is 11.3 Å². The molecular formula is C26H27F3N6O. The van der Waals surface area contributed by atoms with Crippen molar-refractivity contribution in [2.24, 2.45) is 5.92 Å². The van der Waals surface area contributed by atoms with Gasteiger partial charge in [0.25, 0.3) is 0 Å². The van der Waals surface area contributed by atoms with Crippen LogP contribution < -0.4 is 9.80 Å². The van der Waals surface area contributed by atoms with Gasteiger partial charge < -0.3 is 14.7 Å². The lowest BCUT2D eigenvalue weighted by atomic mass is 9.95. The average molecular weight is 497 g/mol. The molecule has 1 aromatic carbocycles. The Hall–Kier alpha value is -3.69. The van der Waals surface area contributed by atoms with Gasteiger partial charge in [-0.05, 0) is 37.1 Å². The van der Waals surface area contributed by atoms with E-state index in [1.54, 1.807) is 0 Å². The molecule has 0 saturated carbocycles. The third kappa shape index (κ3) is 5.27. The highest BCUT2D eigenvalue weighted by Gasteiger charge is 2.33. The number of pyridine rings is 1. The first kappa shape index (κ1) is 24.0. The van der Waals surface area contributed by atoms with E-state index in [1.165, 1.54) is 6.07 Å². The molecule has 7 nitrogen and oxygen atoms in total. The first-order chi connectivity index (χ1) is 17.4.